The Morgan fingerprint density at radius 1 is 0.297 bits per heavy atom. The SMILES string of the molecule is CC/C=C\C/C=C\C/C=C\C/C=C\C/C=C\C/C=C\C/C=C\CCCCCCCCCCCCCCCC(=O)OC(COC(=O)CCCCCCCCCCCCCCCCCCCCCCCCCCCCCC/C=C\C/C=C\C/C=C\C/C=C\CC)COC(OCC[N+](C)(C)C)C(=O)O. The molecule has 2 unspecified atom stereocenters. The predicted octanol–water partition coefficient (Wildman–Crippen LogP) is 27.6. The predicted molar refractivity (Wildman–Crippen MR) is 438 cm³/mol. The van der Waals surface area contributed by atoms with Crippen molar-refractivity contribution in [2.45, 2.75) is 386 Å². The highest BCUT2D eigenvalue weighted by Gasteiger charge is 2.25. The molecule has 0 aliphatic heterocycles. The van der Waals surface area contributed by atoms with Crippen molar-refractivity contribution in [3.05, 3.63) is 134 Å². The molecule has 0 rings (SSSR count). The van der Waals surface area contributed by atoms with Crippen LogP contribution in [0.25, 0.3) is 0 Å². The summed E-state index contributed by atoms with van der Waals surface area (Å²) in [6.07, 6.45) is 115. The summed E-state index contributed by atoms with van der Waals surface area (Å²) in [5, 5.41) is 9.79. The maximum absolute atomic E-state index is 13.0. The minimum Gasteiger partial charge on any atom is -0.477 e. The molecular formula is C92H160NO8+. The van der Waals surface area contributed by atoms with Gasteiger partial charge in [0.05, 0.1) is 34.4 Å². The molecule has 0 saturated carbocycles. The van der Waals surface area contributed by atoms with Crippen LogP contribution in [0.1, 0.15) is 373 Å². The van der Waals surface area contributed by atoms with Gasteiger partial charge in [0.2, 0.25) is 0 Å². The van der Waals surface area contributed by atoms with Crippen LogP contribution in [0.2, 0.25) is 0 Å². The maximum atomic E-state index is 13.0. The molecule has 0 bridgehead atoms. The molecule has 0 spiro atoms. The number of likely N-dealkylation sites (N-methyl/N-ethyl adjacent to an activating group) is 1. The third kappa shape index (κ3) is 82.6. The van der Waals surface area contributed by atoms with Crippen molar-refractivity contribution in [2.24, 2.45) is 0 Å². The fourth-order valence-corrected chi connectivity index (χ4v) is 12.1. The number of hydrogen-bond acceptors (Lipinski definition) is 7. The van der Waals surface area contributed by atoms with Gasteiger partial charge in [0.15, 0.2) is 6.10 Å². The summed E-state index contributed by atoms with van der Waals surface area (Å²) >= 11 is 0. The smallest absolute Gasteiger partial charge is 0.361 e. The van der Waals surface area contributed by atoms with E-state index in [-0.39, 0.29) is 32.2 Å². The fourth-order valence-electron chi connectivity index (χ4n) is 12.1. The minimum absolute atomic E-state index is 0.183. The van der Waals surface area contributed by atoms with Gasteiger partial charge >= 0.3 is 17.9 Å². The number of esters is 2. The second kappa shape index (κ2) is 81.1. The van der Waals surface area contributed by atoms with Crippen LogP contribution in [0, 0.1) is 0 Å². The first-order valence-corrected chi connectivity index (χ1v) is 42.3. The van der Waals surface area contributed by atoms with E-state index >= 15 is 0 Å². The summed E-state index contributed by atoms with van der Waals surface area (Å²) in [7, 11) is 5.99. The van der Waals surface area contributed by atoms with E-state index in [4.69, 9.17) is 18.9 Å². The largest absolute Gasteiger partial charge is 0.477 e. The van der Waals surface area contributed by atoms with Crippen LogP contribution in [0.5, 0.6) is 0 Å². The molecular weight excluding hydrogens is 1250 g/mol. The van der Waals surface area contributed by atoms with Gasteiger partial charge in [0, 0.05) is 12.8 Å². The van der Waals surface area contributed by atoms with Crippen molar-refractivity contribution in [3.63, 3.8) is 0 Å². The van der Waals surface area contributed by atoms with E-state index in [9.17, 15) is 19.5 Å². The van der Waals surface area contributed by atoms with Gasteiger partial charge in [-0.2, -0.15) is 0 Å². The summed E-state index contributed by atoms with van der Waals surface area (Å²) in [5.74, 6) is -1.99. The number of rotatable bonds is 78. The summed E-state index contributed by atoms with van der Waals surface area (Å²) < 4.78 is 23.1. The van der Waals surface area contributed by atoms with Crippen molar-refractivity contribution in [2.75, 3.05) is 47.5 Å². The second-order valence-electron chi connectivity index (χ2n) is 29.4. The molecule has 9 nitrogen and oxygen atoms in total. The van der Waals surface area contributed by atoms with E-state index in [1.54, 1.807) is 0 Å². The van der Waals surface area contributed by atoms with Gasteiger partial charge in [-0.1, -0.05) is 385 Å². The third-order valence-corrected chi connectivity index (χ3v) is 18.4. The topological polar surface area (TPSA) is 108 Å². The lowest BCUT2D eigenvalue weighted by Gasteiger charge is -2.25. The Kier molecular flexibility index (Phi) is 77.4. The zero-order chi connectivity index (χ0) is 73.2. The first-order chi connectivity index (χ1) is 49.6. The first kappa shape index (κ1) is 96.4. The lowest BCUT2D eigenvalue weighted by Crippen LogP contribution is -2.40. The Bertz CT molecular complexity index is 2130. The Hall–Kier alpha value is -4.57. The number of quaternary nitrogens is 1. The van der Waals surface area contributed by atoms with Crippen LogP contribution in [-0.2, 0) is 33.3 Å². The van der Waals surface area contributed by atoms with E-state index in [1.165, 1.54) is 231 Å². The Labute approximate surface area is 624 Å². The number of carboxylic acid groups (broad SMARTS) is 1. The van der Waals surface area contributed by atoms with Crippen molar-refractivity contribution in [3.8, 4) is 0 Å². The lowest BCUT2D eigenvalue weighted by molar-refractivity contribution is -0.870. The Balaban J connectivity index is 3.97. The van der Waals surface area contributed by atoms with Crippen LogP contribution >= 0.6 is 0 Å². The molecule has 0 aromatic heterocycles. The molecule has 0 aliphatic carbocycles. The molecule has 0 heterocycles. The Morgan fingerprint density at radius 2 is 0.535 bits per heavy atom. The van der Waals surface area contributed by atoms with Crippen LogP contribution in [0.15, 0.2) is 134 Å². The molecule has 0 fully saturated rings. The molecule has 0 saturated heterocycles. The van der Waals surface area contributed by atoms with Crippen LogP contribution < -0.4 is 0 Å². The number of aliphatic carboxylic acids is 1. The number of ether oxygens (including phenoxy) is 4. The van der Waals surface area contributed by atoms with Crippen LogP contribution in [-0.4, -0.2) is 87.4 Å². The number of hydrogen-bond donors (Lipinski definition) is 1. The number of allylic oxidation sites excluding steroid dienone is 22. The molecule has 0 amide bonds. The van der Waals surface area contributed by atoms with Crippen molar-refractivity contribution < 1.29 is 42.9 Å². The third-order valence-electron chi connectivity index (χ3n) is 18.4. The van der Waals surface area contributed by atoms with Crippen LogP contribution in [0.3, 0.4) is 0 Å². The van der Waals surface area contributed by atoms with Gasteiger partial charge < -0.3 is 28.5 Å². The molecule has 580 valence electrons. The molecule has 0 aliphatic rings. The zero-order valence-corrected chi connectivity index (χ0v) is 66.5. The number of unbranched alkanes of at least 4 members (excludes halogenated alkanes) is 41. The zero-order valence-electron chi connectivity index (χ0n) is 66.5. The number of carbonyl (C=O) groups excluding carboxylic acids is 2. The second-order valence-corrected chi connectivity index (χ2v) is 29.4. The highest BCUT2D eigenvalue weighted by atomic mass is 16.7. The van der Waals surface area contributed by atoms with Gasteiger partial charge in [-0.15, -0.1) is 0 Å². The quantitative estimate of drug-likeness (QED) is 0.0211. The van der Waals surface area contributed by atoms with Gasteiger partial charge in [-0.25, -0.2) is 4.79 Å². The molecule has 101 heavy (non-hydrogen) atoms. The molecule has 9 heteroatoms. The summed E-state index contributed by atoms with van der Waals surface area (Å²) in [6, 6.07) is 0. The molecule has 1 N–H and O–H groups in total. The summed E-state index contributed by atoms with van der Waals surface area (Å²) in [6.45, 7) is 4.69. The number of carbonyl (C=O) groups is 3. The maximum Gasteiger partial charge on any atom is 0.361 e. The average Bonchev–Trinajstić information content (AvgIpc) is 1.25. The number of carboxylic acids is 1. The van der Waals surface area contributed by atoms with E-state index in [2.05, 4.69) is 148 Å². The highest BCUT2D eigenvalue weighted by Crippen LogP contribution is 2.19. The minimum atomic E-state index is -1.52. The Morgan fingerprint density at radius 3 is 0.792 bits per heavy atom. The van der Waals surface area contributed by atoms with Gasteiger partial charge in [0.25, 0.3) is 6.29 Å². The van der Waals surface area contributed by atoms with Crippen molar-refractivity contribution >= 4 is 17.9 Å². The van der Waals surface area contributed by atoms with Crippen molar-refractivity contribution in [1.82, 2.24) is 0 Å². The molecule has 2 atom stereocenters. The summed E-state index contributed by atoms with van der Waals surface area (Å²) in [5.41, 5.74) is 0. The highest BCUT2D eigenvalue weighted by molar-refractivity contribution is 5.71. The first-order valence-electron chi connectivity index (χ1n) is 42.3. The van der Waals surface area contributed by atoms with Crippen LogP contribution in [0.4, 0.5) is 0 Å². The van der Waals surface area contributed by atoms with Gasteiger partial charge in [0.1, 0.15) is 13.2 Å². The monoisotopic (exact) mass is 1410 g/mol. The molecule has 0 aromatic rings. The van der Waals surface area contributed by atoms with E-state index in [0.29, 0.717) is 17.4 Å². The normalized spacial score (nSPS) is 13.3. The van der Waals surface area contributed by atoms with Gasteiger partial charge in [-0.3, -0.25) is 9.59 Å². The lowest BCUT2D eigenvalue weighted by atomic mass is 10.0. The van der Waals surface area contributed by atoms with E-state index in [1.807, 2.05) is 21.1 Å². The summed E-state index contributed by atoms with van der Waals surface area (Å²) in [4.78, 5) is 37.8. The molecule has 0 aromatic carbocycles. The van der Waals surface area contributed by atoms with Gasteiger partial charge in [-0.05, 0) is 109 Å². The molecule has 0 radical (unpaired) electrons. The number of nitrogens with zero attached hydrogens (tertiary/aromatic N) is 1. The van der Waals surface area contributed by atoms with E-state index < -0.39 is 24.3 Å². The average molecular weight is 1410 g/mol. The van der Waals surface area contributed by atoms with E-state index in [0.717, 1.165) is 116 Å². The fraction of sp³-hybridized carbons (Fsp3) is 0.728. The van der Waals surface area contributed by atoms with Crippen molar-refractivity contribution in [1.29, 1.82) is 0 Å². The standard InChI is InChI=1S/C92H159NO8/c1-6-8-10-12-14-16-18-20-22-24-26-28-30-32-34-36-38-40-42-43-44-45-46-47-49-50-52-54-56-58-60-62-64-66-68-70-72-74-76-78-80-82-89(94)99-86-88(87-100-92(91(96)97)98-85-84-93(3,4)5)101-90(95)83-81-79-77-75-73-71-69-67-65-63-61-59-57-55-53-51-48-41-39-37-35-33-31-29-27-25-23-21-19-17-15-13-11-9-7-2/h8-11,14-17,20-23,26-29,33,35,39,41,51,53,88,92H,6-7,12-13,18-19,24-25,30-32,34,36-38,40,42-50,52,54-87H2,1-5H3/p+1/b10-8-,11-9-,16-14-,17-15-,22-20-,23-21-,28-26-,29-27-,35-33-,41-39-,53-51-.